The number of hydrogen-bond donors (Lipinski definition) is 0. The van der Waals surface area contributed by atoms with Crippen molar-refractivity contribution in [2.24, 2.45) is 0 Å². The minimum absolute atomic E-state index is 0.142. The largest absolute Gasteiger partial charge is 0.545 e. The number of quaternary nitrogens is 1. The molecule has 0 N–H and O–H groups in total. The minimum atomic E-state index is -1.63. The molecule has 9 nitrogen and oxygen atoms in total. The molecular formula is C57H99NO8. The monoisotopic (exact) mass is 926 g/mol. The van der Waals surface area contributed by atoms with Gasteiger partial charge in [0, 0.05) is 12.8 Å². The molecule has 2 unspecified atom stereocenters. The predicted octanol–water partition coefficient (Wildman–Crippen LogP) is 13.7. The van der Waals surface area contributed by atoms with E-state index >= 15 is 0 Å². The Morgan fingerprint density at radius 1 is 0.470 bits per heavy atom. The highest BCUT2D eigenvalue weighted by Gasteiger charge is 2.22. The van der Waals surface area contributed by atoms with Crippen LogP contribution >= 0.6 is 0 Å². The smallest absolute Gasteiger partial charge is 0.306 e. The van der Waals surface area contributed by atoms with Crippen molar-refractivity contribution in [2.75, 3.05) is 47.5 Å². The summed E-state index contributed by atoms with van der Waals surface area (Å²) in [6, 6.07) is 0. The van der Waals surface area contributed by atoms with Crippen LogP contribution in [0.15, 0.2) is 72.9 Å². The highest BCUT2D eigenvalue weighted by Crippen LogP contribution is 2.14. The molecule has 0 bridgehead atoms. The van der Waals surface area contributed by atoms with Crippen molar-refractivity contribution in [1.82, 2.24) is 0 Å². The lowest BCUT2D eigenvalue weighted by Gasteiger charge is -2.26. The number of ether oxygens (including phenoxy) is 4. The van der Waals surface area contributed by atoms with Crippen LogP contribution in [-0.2, 0) is 33.3 Å². The van der Waals surface area contributed by atoms with Crippen LogP contribution in [0.5, 0.6) is 0 Å². The molecule has 380 valence electrons. The van der Waals surface area contributed by atoms with Crippen molar-refractivity contribution in [3.05, 3.63) is 72.9 Å². The van der Waals surface area contributed by atoms with Gasteiger partial charge in [0.1, 0.15) is 13.2 Å². The average molecular weight is 926 g/mol. The summed E-state index contributed by atoms with van der Waals surface area (Å²) in [5.74, 6) is -2.31. The molecular weight excluding hydrogens is 827 g/mol. The maximum Gasteiger partial charge on any atom is 0.306 e. The fourth-order valence-corrected chi connectivity index (χ4v) is 7.09. The minimum Gasteiger partial charge on any atom is -0.545 e. The fraction of sp³-hybridized carbons (Fsp3) is 0.737. The van der Waals surface area contributed by atoms with Gasteiger partial charge in [-0.15, -0.1) is 0 Å². The van der Waals surface area contributed by atoms with Crippen LogP contribution in [0.3, 0.4) is 0 Å². The quantitative estimate of drug-likeness (QED) is 0.0195. The van der Waals surface area contributed by atoms with E-state index in [1.807, 2.05) is 21.1 Å². The number of carboxylic acid groups (broad SMARTS) is 1. The van der Waals surface area contributed by atoms with E-state index in [1.54, 1.807) is 0 Å². The summed E-state index contributed by atoms with van der Waals surface area (Å²) < 4.78 is 22.6. The van der Waals surface area contributed by atoms with E-state index < -0.39 is 24.3 Å². The standard InChI is InChI=1S/C57H99NO8/c1-6-8-10-12-14-16-18-20-22-24-26-27-28-29-30-32-34-36-38-40-42-44-46-48-55(60)66-53(52-65-57(56(61)62)63-50-49-58(3,4)5)51-64-54(59)47-45-43-41-39-37-35-33-31-25-23-21-19-17-15-13-11-9-7-2/h8,10,14,16,20,22-23,25-27,29-30,53,57H,6-7,9,11-13,15,17-19,21,24,28,31-52H2,1-5H3/b10-8-,16-14-,22-20-,25-23-,27-26-,30-29-. The van der Waals surface area contributed by atoms with Gasteiger partial charge in [0.15, 0.2) is 12.4 Å². The molecule has 9 heteroatoms. The third kappa shape index (κ3) is 48.7. The average Bonchev–Trinajstić information content (AvgIpc) is 3.28. The van der Waals surface area contributed by atoms with E-state index in [-0.39, 0.29) is 38.6 Å². The van der Waals surface area contributed by atoms with Gasteiger partial charge in [-0.05, 0) is 83.5 Å². The van der Waals surface area contributed by atoms with Crippen molar-refractivity contribution in [3.8, 4) is 0 Å². The van der Waals surface area contributed by atoms with E-state index in [1.165, 1.54) is 89.9 Å². The first-order chi connectivity index (χ1) is 32.1. The lowest BCUT2D eigenvalue weighted by molar-refractivity contribution is -0.870. The number of nitrogens with zero attached hydrogens (tertiary/aromatic N) is 1. The first-order valence-electron chi connectivity index (χ1n) is 26.6. The summed E-state index contributed by atoms with van der Waals surface area (Å²) in [7, 11) is 5.91. The van der Waals surface area contributed by atoms with Gasteiger partial charge in [-0.3, -0.25) is 9.59 Å². The van der Waals surface area contributed by atoms with Crippen molar-refractivity contribution < 1.29 is 42.9 Å². The molecule has 0 aromatic rings. The summed E-state index contributed by atoms with van der Waals surface area (Å²) in [5, 5.41) is 11.7. The molecule has 0 aliphatic heterocycles. The SMILES string of the molecule is CC/C=C\C/C=C\C/C=C\C/C=C\C/C=C\CCCCCCCCCC(=O)OC(COC(=O)CCCCCCCCC/C=C\CCCCCCCCC)COC(OCC[N+](C)(C)C)C(=O)[O-]. The number of unbranched alkanes of at least 4 members (excludes halogenated alkanes) is 21. The number of likely N-dealkylation sites (N-methyl/N-ethyl adjacent to an activating group) is 1. The number of allylic oxidation sites excluding steroid dienone is 12. The van der Waals surface area contributed by atoms with Gasteiger partial charge in [-0.2, -0.15) is 0 Å². The van der Waals surface area contributed by atoms with E-state index in [2.05, 4.69) is 86.8 Å². The van der Waals surface area contributed by atoms with Crippen molar-refractivity contribution in [2.45, 2.75) is 225 Å². The Bertz CT molecular complexity index is 1310. The fourth-order valence-electron chi connectivity index (χ4n) is 7.09. The molecule has 0 aliphatic rings. The lowest BCUT2D eigenvalue weighted by atomic mass is 10.1. The molecule has 0 fully saturated rings. The number of hydrogen-bond acceptors (Lipinski definition) is 8. The molecule has 0 saturated heterocycles. The molecule has 0 saturated carbocycles. The second kappa shape index (κ2) is 48.2. The Labute approximate surface area is 405 Å². The van der Waals surface area contributed by atoms with E-state index in [0.717, 1.165) is 89.9 Å². The summed E-state index contributed by atoms with van der Waals surface area (Å²) in [6.45, 7) is 4.61. The third-order valence-electron chi connectivity index (χ3n) is 11.2. The number of carbonyl (C=O) groups excluding carboxylic acids is 3. The molecule has 66 heavy (non-hydrogen) atoms. The van der Waals surface area contributed by atoms with Gasteiger partial charge < -0.3 is 33.3 Å². The Hall–Kier alpha value is -3.27. The zero-order valence-corrected chi connectivity index (χ0v) is 43.0. The summed E-state index contributed by atoms with van der Waals surface area (Å²) >= 11 is 0. The maximum atomic E-state index is 12.8. The van der Waals surface area contributed by atoms with Gasteiger partial charge in [-0.25, -0.2) is 0 Å². The number of rotatable bonds is 48. The van der Waals surface area contributed by atoms with Crippen molar-refractivity contribution in [1.29, 1.82) is 0 Å². The zero-order valence-electron chi connectivity index (χ0n) is 43.0. The Kier molecular flexibility index (Phi) is 45.8. The van der Waals surface area contributed by atoms with Gasteiger partial charge in [0.2, 0.25) is 0 Å². The molecule has 0 radical (unpaired) electrons. The van der Waals surface area contributed by atoms with E-state index in [4.69, 9.17) is 18.9 Å². The maximum absolute atomic E-state index is 12.8. The topological polar surface area (TPSA) is 111 Å². The number of carboxylic acids is 1. The van der Waals surface area contributed by atoms with Gasteiger partial charge in [0.25, 0.3) is 0 Å². The number of esters is 2. The van der Waals surface area contributed by atoms with Crippen LogP contribution in [-0.4, -0.2) is 82.3 Å². The molecule has 0 aromatic heterocycles. The van der Waals surface area contributed by atoms with Gasteiger partial charge >= 0.3 is 11.9 Å². The highest BCUT2D eigenvalue weighted by atomic mass is 16.7. The predicted molar refractivity (Wildman–Crippen MR) is 274 cm³/mol. The van der Waals surface area contributed by atoms with Gasteiger partial charge in [0.05, 0.1) is 40.3 Å². The van der Waals surface area contributed by atoms with Crippen LogP contribution in [0.1, 0.15) is 213 Å². The molecule has 0 rings (SSSR count). The van der Waals surface area contributed by atoms with Crippen LogP contribution in [0.25, 0.3) is 0 Å². The van der Waals surface area contributed by atoms with E-state index in [9.17, 15) is 19.5 Å². The molecule has 0 spiro atoms. The molecule has 2 atom stereocenters. The van der Waals surface area contributed by atoms with Crippen molar-refractivity contribution in [3.63, 3.8) is 0 Å². The first-order valence-corrected chi connectivity index (χ1v) is 26.6. The van der Waals surface area contributed by atoms with Crippen LogP contribution in [0.2, 0.25) is 0 Å². The molecule has 0 aromatic carbocycles. The Balaban J connectivity index is 4.36. The van der Waals surface area contributed by atoms with Crippen LogP contribution in [0.4, 0.5) is 0 Å². The van der Waals surface area contributed by atoms with Crippen molar-refractivity contribution >= 4 is 17.9 Å². The lowest BCUT2D eigenvalue weighted by Crippen LogP contribution is -2.44. The van der Waals surface area contributed by atoms with Crippen LogP contribution in [0, 0.1) is 0 Å². The van der Waals surface area contributed by atoms with Gasteiger partial charge in [-0.1, -0.05) is 189 Å². The molecule has 0 amide bonds. The Morgan fingerprint density at radius 2 is 0.864 bits per heavy atom. The summed E-state index contributed by atoms with van der Waals surface area (Å²) in [4.78, 5) is 37.2. The van der Waals surface area contributed by atoms with E-state index in [0.29, 0.717) is 17.4 Å². The van der Waals surface area contributed by atoms with Crippen LogP contribution < -0.4 is 5.11 Å². The molecule has 0 heterocycles. The highest BCUT2D eigenvalue weighted by molar-refractivity contribution is 5.70. The first kappa shape index (κ1) is 62.7. The normalized spacial score (nSPS) is 13.4. The second-order valence-electron chi connectivity index (χ2n) is 18.8. The number of carbonyl (C=O) groups is 3. The number of aliphatic carboxylic acids is 1. The second-order valence-corrected chi connectivity index (χ2v) is 18.8. The summed E-state index contributed by atoms with van der Waals surface area (Å²) in [5.41, 5.74) is 0. The Morgan fingerprint density at radius 3 is 1.30 bits per heavy atom. The summed E-state index contributed by atoms with van der Waals surface area (Å²) in [6.07, 6.45) is 57.9. The molecule has 0 aliphatic carbocycles. The third-order valence-corrected chi connectivity index (χ3v) is 11.2. The zero-order chi connectivity index (χ0) is 48.4.